The van der Waals surface area contributed by atoms with Crippen molar-refractivity contribution in [1.29, 1.82) is 0 Å². The fourth-order valence-corrected chi connectivity index (χ4v) is 2.62. The molecular formula is C22H22N2O3. The number of amides is 1. The molecule has 138 valence electrons. The molecule has 0 aliphatic rings. The highest BCUT2D eigenvalue weighted by atomic mass is 16.5. The number of hydrogen-bond donors (Lipinski definition) is 1. The number of hydrogen-bond acceptors (Lipinski definition) is 4. The van der Waals surface area contributed by atoms with Crippen LogP contribution in [0.3, 0.4) is 0 Å². The van der Waals surface area contributed by atoms with E-state index in [9.17, 15) is 4.79 Å². The molecule has 0 atom stereocenters. The smallest absolute Gasteiger partial charge is 0.259 e. The summed E-state index contributed by atoms with van der Waals surface area (Å²) in [5, 5.41) is 2.90. The second-order valence-electron chi connectivity index (χ2n) is 6.14. The first kappa shape index (κ1) is 18.3. The molecular weight excluding hydrogens is 340 g/mol. The Kier molecular flexibility index (Phi) is 5.61. The van der Waals surface area contributed by atoms with Gasteiger partial charge < -0.3 is 19.7 Å². The monoisotopic (exact) mass is 362 g/mol. The van der Waals surface area contributed by atoms with Crippen LogP contribution in [0.5, 0.6) is 17.2 Å². The number of methoxy groups -OCH3 is 1. The molecule has 0 unspecified atom stereocenters. The van der Waals surface area contributed by atoms with Gasteiger partial charge >= 0.3 is 0 Å². The summed E-state index contributed by atoms with van der Waals surface area (Å²) in [6, 6.07) is 22.2. The summed E-state index contributed by atoms with van der Waals surface area (Å²) in [7, 11) is 5.51. The van der Waals surface area contributed by atoms with Crippen molar-refractivity contribution in [3.63, 3.8) is 0 Å². The third kappa shape index (κ3) is 4.39. The van der Waals surface area contributed by atoms with Crippen LogP contribution in [0.4, 0.5) is 11.4 Å². The van der Waals surface area contributed by atoms with Gasteiger partial charge in [-0.05, 0) is 48.5 Å². The van der Waals surface area contributed by atoms with Crippen molar-refractivity contribution in [3.05, 3.63) is 78.4 Å². The first-order valence-corrected chi connectivity index (χ1v) is 8.57. The fourth-order valence-electron chi connectivity index (χ4n) is 2.62. The van der Waals surface area contributed by atoms with Gasteiger partial charge in [-0.15, -0.1) is 0 Å². The Labute approximate surface area is 159 Å². The van der Waals surface area contributed by atoms with Crippen LogP contribution in [-0.4, -0.2) is 27.1 Å². The topological polar surface area (TPSA) is 50.8 Å². The minimum atomic E-state index is -0.258. The summed E-state index contributed by atoms with van der Waals surface area (Å²) in [5.74, 6) is 1.53. The molecule has 0 saturated carbocycles. The molecule has 0 spiro atoms. The Morgan fingerprint density at radius 1 is 0.852 bits per heavy atom. The summed E-state index contributed by atoms with van der Waals surface area (Å²) in [6.07, 6.45) is 0. The van der Waals surface area contributed by atoms with Gasteiger partial charge in [0.1, 0.15) is 11.5 Å². The zero-order valence-electron chi connectivity index (χ0n) is 15.6. The molecule has 0 fully saturated rings. The van der Waals surface area contributed by atoms with Crippen LogP contribution in [0.1, 0.15) is 10.4 Å². The normalized spacial score (nSPS) is 10.2. The zero-order valence-corrected chi connectivity index (χ0v) is 15.6. The van der Waals surface area contributed by atoms with Crippen molar-refractivity contribution in [2.45, 2.75) is 0 Å². The molecule has 0 aromatic heterocycles. The van der Waals surface area contributed by atoms with Crippen molar-refractivity contribution in [1.82, 2.24) is 0 Å². The van der Waals surface area contributed by atoms with Gasteiger partial charge in [-0.1, -0.05) is 24.3 Å². The van der Waals surface area contributed by atoms with Gasteiger partial charge in [0.05, 0.1) is 18.4 Å². The van der Waals surface area contributed by atoms with E-state index in [1.807, 2.05) is 67.5 Å². The van der Waals surface area contributed by atoms with Crippen LogP contribution in [0.25, 0.3) is 0 Å². The lowest BCUT2D eigenvalue weighted by molar-refractivity contribution is 0.102. The standard InChI is InChI=1S/C22H22N2O3/c1-24(2)16-12-14-17(15-13-16)27-21-11-7-5-9-19(21)23-22(25)18-8-4-6-10-20(18)26-3/h4-15H,1-3H3,(H,23,25). The van der Waals surface area contributed by atoms with Gasteiger partial charge in [-0.3, -0.25) is 4.79 Å². The second-order valence-corrected chi connectivity index (χ2v) is 6.14. The van der Waals surface area contributed by atoms with E-state index in [2.05, 4.69) is 5.32 Å². The molecule has 1 amide bonds. The minimum Gasteiger partial charge on any atom is -0.496 e. The van der Waals surface area contributed by atoms with E-state index in [0.717, 1.165) is 5.69 Å². The molecule has 0 saturated heterocycles. The van der Waals surface area contributed by atoms with Crippen molar-refractivity contribution < 1.29 is 14.3 Å². The van der Waals surface area contributed by atoms with Crippen molar-refractivity contribution >= 4 is 17.3 Å². The summed E-state index contributed by atoms with van der Waals surface area (Å²) >= 11 is 0. The average molecular weight is 362 g/mol. The van der Waals surface area contributed by atoms with E-state index in [4.69, 9.17) is 9.47 Å². The van der Waals surface area contributed by atoms with E-state index in [1.54, 1.807) is 31.4 Å². The number of carbonyl (C=O) groups is 1. The van der Waals surface area contributed by atoms with Gasteiger partial charge in [0, 0.05) is 19.8 Å². The maximum atomic E-state index is 12.7. The molecule has 5 nitrogen and oxygen atoms in total. The predicted molar refractivity (Wildman–Crippen MR) is 108 cm³/mol. The number of ether oxygens (including phenoxy) is 2. The van der Waals surface area contributed by atoms with Crippen molar-refractivity contribution in [3.8, 4) is 17.2 Å². The molecule has 3 aromatic carbocycles. The number of nitrogens with one attached hydrogen (secondary N) is 1. The van der Waals surface area contributed by atoms with Crippen LogP contribution in [0.15, 0.2) is 72.8 Å². The molecule has 0 bridgehead atoms. The van der Waals surface area contributed by atoms with Crippen LogP contribution in [0, 0.1) is 0 Å². The van der Waals surface area contributed by atoms with E-state index >= 15 is 0 Å². The summed E-state index contributed by atoms with van der Waals surface area (Å²) < 4.78 is 11.2. The number of para-hydroxylation sites is 3. The lowest BCUT2D eigenvalue weighted by atomic mass is 10.2. The third-order valence-corrected chi connectivity index (χ3v) is 4.07. The van der Waals surface area contributed by atoms with E-state index in [-0.39, 0.29) is 5.91 Å². The van der Waals surface area contributed by atoms with Gasteiger partial charge in [-0.25, -0.2) is 0 Å². The maximum Gasteiger partial charge on any atom is 0.259 e. The first-order chi connectivity index (χ1) is 13.1. The zero-order chi connectivity index (χ0) is 19.2. The summed E-state index contributed by atoms with van der Waals surface area (Å²) in [4.78, 5) is 14.7. The number of anilines is 2. The van der Waals surface area contributed by atoms with Crippen LogP contribution >= 0.6 is 0 Å². The van der Waals surface area contributed by atoms with E-state index in [0.29, 0.717) is 28.5 Å². The summed E-state index contributed by atoms with van der Waals surface area (Å²) in [6.45, 7) is 0. The Bertz CT molecular complexity index is 921. The molecule has 5 heteroatoms. The molecule has 0 heterocycles. The number of nitrogens with zero attached hydrogens (tertiary/aromatic N) is 1. The largest absolute Gasteiger partial charge is 0.496 e. The quantitative estimate of drug-likeness (QED) is 0.684. The fraction of sp³-hybridized carbons (Fsp3) is 0.136. The predicted octanol–water partition coefficient (Wildman–Crippen LogP) is 4.81. The minimum absolute atomic E-state index is 0.258. The Morgan fingerprint density at radius 2 is 1.48 bits per heavy atom. The molecule has 0 radical (unpaired) electrons. The number of carbonyl (C=O) groups excluding carboxylic acids is 1. The Hall–Kier alpha value is -3.47. The van der Waals surface area contributed by atoms with E-state index in [1.165, 1.54) is 0 Å². The number of benzene rings is 3. The van der Waals surface area contributed by atoms with Gasteiger partial charge in [-0.2, -0.15) is 0 Å². The molecule has 3 rings (SSSR count). The van der Waals surface area contributed by atoms with Crippen molar-refractivity contribution in [2.75, 3.05) is 31.4 Å². The lowest BCUT2D eigenvalue weighted by Crippen LogP contribution is -2.13. The van der Waals surface area contributed by atoms with Crippen LogP contribution < -0.4 is 19.7 Å². The molecule has 0 aliphatic carbocycles. The van der Waals surface area contributed by atoms with Gasteiger partial charge in [0.2, 0.25) is 0 Å². The Morgan fingerprint density at radius 3 is 2.15 bits per heavy atom. The lowest BCUT2D eigenvalue weighted by Gasteiger charge is -2.15. The highest BCUT2D eigenvalue weighted by molar-refractivity contribution is 6.06. The highest BCUT2D eigenvalue weighted by Gasteiger charge is 2.14. The summed E-state index contributed by atoms with van der Waals surface area (Å²) in [5.41, 5.74) is 2.13. The van der Waals surface area contributed by atoms with Crippen LogP contribution in [0.2, 0.25) is 0 Å². The Balaban J connectivity index is 1.80. The van der Waals surface area contributed by atoms with Crippen LogP contribution in [-0.2, 0) is 0 Å². The third-order valence-electron chi connectivity index (χ3n) is 4.07. The molecule has 27 heavy (non-hydrogen) atoms. The molecule has 1 N–H and O–H groups in total. The second kappa shape index (κ2) is 8.27. The highest BCUT2D eigenvalue weighted by Crippen LogP contribution is 2.31. The molecule has 3 aromatic rings. The average Bonchev–Trinajstić information content (AvgIpc) is 2.69. The van der Waals surface area contributed by atoms with Crippen molar-refractivity contribution in [2.24, 2.45) is 0 Å². The van der Waals surface area contributed by atoms with Gasteiger partial charge in [0.15, 0.2) is 5.75 Å². The maximum absolute atomic E-state index is 12.7. The number of rotatable bonds is 6. The van der Waals surface area contributed by atoms with Gasteiger partial charge in [0.25, 0.3) is 5.91 Å². The SMILES string of the molecule is COc1ccccc1C(=O)Nc1ccccc1Oc1ccc(N(C)C)cc1. The first-order valence-electron chi connectivity index (χ1n) is 8.57. The van der Waals surface area contributed by atoms with E-state index < -0.39 is 0 Å². The molecule has 0 aliphatic heterocycles.